The van der Waals surface area contributed by atoms with E-state index in [-0.39, 0.29) is 17.9 Å². The zero-order valence-electron chi connectivity index (χ0n) is 14.8. The third kappa shape index (κ3) is 2.94. The van der Waals surface area contributed by atoms with Gasteiger partial charge < -0.3 is 14.1 Å². The van der Waals surface area contributed by atoms with E-state index in [2.05, 4.69) is 15.2 Å². The molecule has 1 aromatic carbocycles. The van der Waals surface area contributed by atoms with Gasteiger partial charge >= 0.3 is 0 Å². The molecule has 0 radical (unpaired) electrons. The summed E-state index contributed by atoms with van der Waals surface area (Å²) in [6.45, 7) is 5.27. The summed E-state index contributed by atoms with van der Waals surface area (Å²) in [5, 5.41) is 9.07. The van der Waals surface area contributed by atoms with Gasteiger partial charge in [-0.25, -0.2) is 0 Å². The van der Waals surface area contributed by atoms with Crippen LogP contribution in [0.25, 0.3) is 10.9 Å². The lowest BCUT2D eigenvalue weighted by molar-refractivity contribution is -0.0106. The molecule has 4 rings (SSSR count). The second kappa shape index (κ2) is 6.84. The van der Waals surface area contributed by atoms with Crippen LogP contribution in [0.2, 0.25) is 0 Å². The van der Waals surface area contributed by atoms with E-state index in [1.165, 1.54) is 0 Å². The molecule has 0 saturated carbocycles. The highest BCUT2D eigenvalue weighted by atomic mass is 16.5. The molecule has 2 aromatic heterocycles. The molecule has 3 heterocycles. The van der Waals surface area contributed by atoms with Crippen molar-refractivity contribution < 1.29 is 13.9 Å². The Hall–Kier alpha value is -2.80. The number of rotatable bonds is 3. The summed E-state index contributed by atoms with van der Waals surface area (Å²) in [4.78, 5) is 19.4. The molecule has 0 bridgehead atoms. The van der Waals surface area contributed by atoms with E-state index in [0.29, 0.717) is 37.1 Å². The molecule has 0 aliphatic carbocycles. The van der Waals surface area contributed by atoms with Crippen molar-refractivity contribution in [3.8, 4) is 0 Å². The van der Waals surface area contributed by atoms with Gasteiger partial charge in [0.1, 0.15) is 6.04 Å². The molecule has 1 fully saturated rings. The zero-order valence-corrected chi connectivity index (χ0v) is 14.8. The minimum atomic E-state index is -0.386. The first kappa shape index (κ1) is 16.7. The molecule has 1 amide bonds. The minimum absolute atomic E-state index is 0.0822. The van der Waals surface area contributed by atoms with Crippen LogP contribution in [-0.4, -0.2) is 45.7 Å². The smallest absolute Gasteiger partial charge is 0.255 e. The van der Waals surface area contributed by atoms with E-state index in [4.69, 9.17) is 9.15 Å². The molecule has 134 valence electrons. The highest BCUT2D eigenvalue weighted by Crippen LogP contribution is 2.28. The molecule has 1 atom stereocenters. The molecular weight excluding hydrogens is 332 g/mol. The highest BCUT2D eigenvalue weighted by Gasteiger charge is 2.34. The number of carbonyl (C=O) groups is 1. The summed E-state index contributed by atoms with van der Waals surface area (Å²) in [6, 6.07) is 8.93. The van der Waals surface area contributed by atoms with Crippen molar-refractivity contribution in [3.63, 3.8) is 0 Å². The van der Waals surface area contributed by atoms with Gasteiger partial charge in [0.2, 0.25) is 11.8 Å². The van der Waals surface area contributed by atoms with Crippen LogP contribution < -0.4 is 0 Å². The summed E-state index contributed by atoms with van der Waals surface area (Å²) in [7, 11) is 0. The van der Waals surface area contributed by atoms with E-state index >= 15 is 0 Å². The normalized spacial score (nSPS) is 17.8. The van der Waals surface area contributed by atoms with Crippen molar-refractivity contribution in [1.82, 2.24) is 20.1 Å². The first-order valence-corrected chi connectivity index (χ1v) is 8.71. The molecule has 0 N–H and O–H groups in total. The number of hydrogen-bond acceptors (Lipinski definition) is 6. The zero-order chi connectivity index (χ0) is 18.1. The number of amides is 1. The number of pyridine rings is 1. The molecule has 26 heavy (non-hydrogen) atoms. The van der Waals surface area contributed by atoms with Crippen molar-refractivity contribution in [1.29, 1.82) is 0 Å². The molecular formula is C19H20N4O3. The number of aromatic nitrogens is 3. The maximum absolute atomic E-state index is 13.3. The van der Waals surface area contributed by atoms with Crippen LogP contribution in [0.15, 0.2) is 40.9 Å². The fraction of sp³-hybridized carbons (Fsp3) is 0.368. The lowest BCUT2D eigenvalue weighted by Crippen LogP contribution is -2.43. The van der Waals surface area contributed by atoms with Crippen LogP contribution >= 0.6 is 0 Å². The van der Waals surface area contributed by atoms with Crippen LogP contribution in [0.1, 0.15) is 47.9 Å². The number of morpholine rings is 1. The van der Waals surface area contributed by atoms with Crippen molar-refractivity contribution in [3.05, 3.63) is 53.9 Å². The number of benzene rings is 1. The maximum Gasteiger partial charge on any atom is 0.255 e. The third-order valence-electron chi connectivity index (χ3n) is 4.50. The molecule has 7 heteroatoms. The summed E-state index contributed by atoms with van der Waals surface area (Å²) < 4.78 is 11.4. The standard InChI is InChI=1S/C19H20N4O3/c1-12(2)17-21-22-18(26-17)16-11-25-10-9-23(16)19(24)14-5-3-7-15-13(14)6-4-8-20-15/h3-8,12,16H,9-11H2,1-2H3. The van der Waals surface area contributed by atoms with Gasteiger partial charge in [-0.05, 0) is 18.2 Å². The number of hydrogen-bond donors (Lipinski definition) is 0. The molecule has 1 aliphatic heterocycles. The molecule has 1 aliphatic rings. The third-order valence-corrected chi connectivity index (χ3v) is 4.50. The van der Waals surface area contributed by atoms with Gasteiger partial charge in [-0.2, -0.15) is 0 Å². The minimum Gasteiger partial charge on any atom is -0.423 e. The largest absolute Gasteiger partial charge is 0.423 e. The predicted octanol–water partition coefficient (Wildman–Crippen LogP) is 2.95. The Morgan fingerprint density at radius 1 is 1.23 bits per heavy atom. The average Bonchev–Trinajstić information content (AvgIpc) is 3.17. The summed E-state index contributed by atoms with van der Waals surface area (Å²) >= 11 is 0. The highest BCUT2D eigenvalue weighted by molar-refractivity contribution is 6.06. The number of fused-ring (bicyclic) bond motifs is 1. The van der Waals surface area contributed by atoms with E-state index in [1.807, 2.05) is 44.2 Å². The van der Waals surface area contributed by atoms with E-state index in [0.717, 1.165) is 10.9 Å². The van der Waals surface area contributed by atoms with Crippen LogP contribution in [0.5, 0.6) is 0 Å². The monoisotopic (exact) mass is 352 g/mol. The van der Waals surface area contributed by atoms with Gasteiger partial charge in [-0.15, -0.1) is 10.2 Å². The Morgan fingerprint density at radius 2 is 2.12 bits per heavy atom. The molecule has 0 spiro atoms. The maximum atomic E-state index is 13.3. The fourth-order valence-electron chi connectivity index (χ4n) is 3.11. The quantitative estimate of drug-likeness (QED) is 0.721. The summed E-state index contributed by atoms with van der Waals surface area (Å²) in [5.41, 5.74) is 1.41. The molecule has 1 saturated heterocycles. The van der Waals surface area contributed by atoms with Gasteiger partial charge in [0.25, 0.3) is 5.91 Å². The van der Waals surface area contributed by atoms with Crippen molar-refractivity contribution in [2.24, 2.45) is 0 Å². The molecule has 1 unspecified atom stereocenters. The Bertz CT molecular complexity index is 932. The fourth-order valence-corrected chi connectivity index (χ4v) is 3.11. The molecule has 7 nitrogen and oxygen atoms in total. The number of carbonyl (C=O) groups excluding carboxylic acids is 1. The summed E-state index contributed by atoms with van der Waals surface area (Å²) in [6.07, 6.45) is 1.72. The Labute approximate surface area is 151 Å². The van der Waals surface area contributed by atoms with Crippen molar-refractivity contribution in [2.45, 2.75) is 25.8 Å². The van der Waals surface area contributed by atoms with Crippen LogP contribution in [0.3, 0.4) is 0 Å². The Balaban J connectivity index is 1.70. The van der Waals surface area contributed by atoms with Gasteiger partial charge in [-0.3, -0.25) is 9.78 Å². The van der Waals surface area contributed by atoms with Gasteiger partial charge in [-0.1, -0.05) is 26.0 Å². The van der Waals surface area contributed by atoms with E-state index in [9.17, 15) is 4.79 Å². The predicted molar refractivity (Wildman–Crippen MR) is 94.7 cm³/mol. The van der Waals surface area contributed by atoms with Crippen LogP contribution in [0, 0.1) is 0 Å². The Kier molecular flexibility index (Phi) is 4.38. The summed E-state index contributed by atoms with van der Waals surface area (Å²) in [5.74, 6) is 1.03. The number of nitrogens with zero attached hydrogens (tertiary/aromatic N) is 4. The molecule has 3 aromatic rings. The Morgan fingerprint density at radius 3 is 2.92 bits per heavy atom. The second-order valence-corrected chi connectivity index (χ2v) is 6.60. The topological polar surface area (TPSA) is 81.4 Å². The lowest BCUT2D eigenvalue weighted by Gasteiger charge is -2.33. The second-order valence-electron chi connectivity index (χ2n) is 6.60. The van der Waals surface area contributed by atoms with Crippen molar-refractivity contribution in [2.75, 3.05) is 19.8 Å². The first-order chi connectivity index (χ1) is 12.6. The average molecular weight is 352 g/mol. The van der Waals surface area contributed by atoms with E-state index < -0.39 is 0 Å². The van der Waals surface area contributed by atoms with Gasteiger partial charge in [0, 0.05) is 29.6 Å². The SMILES string of the molecule is CC(C)c1nnc(C2COCCN2C(=O)c2cccc3ncccc23)o1. The number of ether oxygens (including phenoxy) is 1. The van der Waals surface area contributed by atoms with Gasteiger partial charge in [0.15, 0.2) is 0 Å². The first-order valence-electron chi connectivity index (χ1n) is 8.71. The van der Waals surface area contributed by atoms with Crippen molar-refractivity contribution >= 4 is 16.8 Å². The van der Waals surface area contributed by atoms with Crippen LogP contribution in [-0.2, 0) is 4.74 Å². The lowest BCUT2D eigenvalue weighted by atomic mass is 10.1. The van der Waals surface area contributed by atoms with E-state index in [1.54, 1.807) is 11.1 Å². The van der Waals surface area contributed by atoms with Crippen LogP contribution in [0.4, 0.5) is 0 Å². The van der Waals surface area contributed by atoms with Gasteiger partial charge in [0.05, 0.1) is 18.7 Å².